The van der Waals surface area contributed by atoms with Crippen LogP contribution in [-0.4, -0.2) is 27.3 Å². The van der Waals surface area contributed by atoms with Crippen molar-refractivity contribution in [2.75, 3.05) is 0 Å². The van der Waals surface area contributed by atoms with Gasteiger partial charge in [0.05, 0.1) is 6.42 Å². The summed E-state index contributed by atoms with van der Waals surface area (Å²) in [5.74, 6) is -2.10. The van der Waals surface area contributed by atoms with Crippen molar-refractivity contribution in [1.29, 1.82) is 0 Å². The fraction of sp³-hybridized carbons (Fsp3) is 0.0667. The Hall–Kier alpha value is -2.82. The highest BCUT2D eigenvalue weighted by Gasteiger charge is 2.05. The second-order valence-corrected chi connectivity index (χ2v) is 3.88. The van der Waals surface area contributed by atoms with Crippen molar-refractivity contribution in [2.24, 2.45) is 0 Å². The lowest BCUT2D eigenvalue weighted by atomic mass is 10.2. The van der Waals surface area contributed by atoms with Gasteiger partial charge in [0.2, 0.25) is 0 Å². The highest BCUT2D eigenvalue weighted by molar-refractivity contribution is 5.90. The lowest BCUT2D eigenvalue weighted by molar-refractivity contribution is -0.136. The summed E-state index contributed by atoms with van der Waals surface area (Å²) in [4.78, 5) is 20.4. The van der Waals surface area contributed by atoms with Crippen molar-refractivity contribution in [3.63, 3.8) is 0 Å². The Morgan fingerprint density at radius 1 is 0.850 bits per heavy atom. The van der Waals surface area contributed by atoms with Crippen molar-refractivity contribution in [1.82, 2.24) is 0 Å². The fourth-order valence-electron chi connectivity index (χ4n) is 1.42. The zero-order valence-electron chi connectivity index (χ0n) is 10.6. The number of para-hydroxylation sites is 1. The van der Waals surface area contributed by atoms with E-state index in [4.69, 9.17) is 15.3 Å². The van der Waals surface area contributed by atoms with Gasteiger partial charge in [-0.25, -0.2) is 4.79 Å². The number of phenols is 1. The largest absolute Gasteiger partial charge is 0.507 e. The minimum absolute atomic E-state index is 0.0671. The number of aromatic hydroxyl groups is 1. The summed E-state index contributed by atoms with van der Waals surface area (Å²) in [6.45, 7) is 0. The number of hydrogen-bond donors (Lipinski definition) is 3. The molecule has 2 aromatic rings. The summed E-state index contributed by atoms with van der Waals surface area (Å²) < 4.78 is 0. The molecule has 0 bridgehead atoms. The summed E-state index contributed by atoms with van der Waals surface area (Å²) in [7, 11) is 0. The minimum atomic E-state index is -1.11. The third kappa shape index (κ3) is 5.22. The van der Waals surface area contributed by atoms with Gasteiger partial charge in [-0.1, -0.05) is 42.5 Å². The van der Waals surface area contributed by atoms with Crippen LogP contribution in [0.5, 0.6) is 5.75 Å². The molecule has 2 rings (SSSR count). The molecule has 5 heteroatoms. The highest BCUT2D eigenvalue weighted by Crippen LogP contribution is 2.14. The average Bonchev–Trinajstić information content (AvgIpc) is 2.40. The average molecular weight is 274 g/mol. The predicted molar refractivity (Wildman–Crippen MR) is 72.8 cm³/mol. The number of carboxylic acid groups (broad SMARTS) is 2. The molecule has 0 heterocycles. The van der Waals surface area contributed by atoms with Gasteiger partial charge in [-0.05, 0) is 17.7 Å². The highest BCUT2D eigenvalue weighted by atomic mass is 16.4. The second kappa shape index (κ2) is 7.58. The van der Waals surface area contributed by atoms with E-state index < -0.39 is 11.9 Å². The number of benzene rings is 2. The van der Waals surface area contributed by atoms with Gasteiger partial charge in [0.25, 0.3) is 0 Å². The summed E-state index contributed by atoms with van der Waals surface area (Å²) in [5.41, 5.74) is 0.775. The molecule has 5 nitrogen and oxygen atoms in total. The quantitative estimate of drug-likeness (QED) is 0.798. The van der Waals surface area contributed by atoms with Crippen LogP contribution < -0.4 is 0 Å². The van der Waals surface area contributed by atoms with Crippen LogP contribution in [0.25, 0.3) is 0 Å². The van der Waals surface area contributed by atoms with E-state index in [1.54, 1.807) is 24.3 Å². The molecule has 0 fully saturated rings. The van der Waals surface area contributed by atoms with Crippen LogP contribution in [0, 0.1) is 0 Å². The first kappa shape index (κ1) is 15.2. The molecule has 3 N–H and O–H groups in total. The lowest BCUT2D eigenvalue weighted by Crippen LogP contribution is -1.98. The Balaban J connectivity index is 0.000000200. The van der Waals surface area contributed by atoms with Crippen LogP contribution in [0.15, 0.2) is 54.6 Å². The Kier molecular flexibility index (Phi) is 5.77. The van der Waals surface area contributed by atoms with Crippen LogP contribution >= 0.6 is 0 Å². The van der Waals surface area contributed by atoms with Gasteiger partial charge in [-0.2, -0.15) is 0 Å². The van der Waals surface area contributed by atoms with Gasteiger partial charge in [-0.3, -0.25) is 4.79 Å². The zero-order chi connectivity index (χ0) is 15.0. The predicted octanol–water partition coefficient (Wildman–Crippen LogP) is 2.40. The molecule has 104 valence electrons. The number of hydrogen-bond acceptors (Lipinski definition) is 3. The molecule has 0 aliphatic rings. The van der Waals surface area contributed by atoms with Gasteiger partial charge < -0.3 is 15.3 Å². The van der Waals surface area contributed by atoms with Crippen LogP contribution in [0.2, 0.25) is 0 Å². The second-order valence-electron chi connectivity index (χ2n) is 3.88. The summed E-state index contributed by atoms with van der Waals surface area (Å²) >= 11 is 0. The molecule has 0 spiro atoms. The smallest absolute Gasteiger partial charge is 0.339 e. The molecule has 0 aromatic heterocycles. The molecule has 0 saturated heterocycles. The molecule has 2 aromatic carbocycles. The van der Waals surface area contributed by atoms with Gasteiger partial charge in [0.1, 0.15) is 11.3 Å². The van der Waals surface area contributed by atoms with Crippen LogP contribution in [0.4, 0.5) is 0 Å². The number of carboxylic acids is 2. The van der Waals surface area contributed by atoms with Gasteiger partial charge in [-0.15, -0.1) is 0 Å². The molecule has 0 amide bonds. The first-order valence-corrected chi connectivity index (χ1v) is 5.77. The first-order valence-electron chi connectivity index (χ1n) is 5.77. The number of carbonyl (C=O) groups is 2. The van der Waals surface area contributed by atoms with Crippen LogP contribution in [-0.2, 0) is 11.2 Å². The standard InChI is InChI=1S/C8H8O2.C7H6O3/c9-8(10)6-7-4-2-1-3-5-7;8-6-4-2-1-3-5(6)7(9)10/h1-5H,6H2,(H,9,10);1-4,8H,(H,9,10). The molecule has 0 atom stereocenters. The van der Waals surface area contributed by atoms with Crippen molar-refractivity contribution in [2.45, 2.75) is 6.42 Å². The third-order valence-electron chi connectivity index (χ3n) is 2.33. The van der Waals surface area contributed by atoms with E-state index in [9.17, 15) is 9.59 Å². The van der Waals surface area contributed by atoms with E-state index in [1.165, 1.54) is 12.1 Å². The first-order chi connectivity index (χ1) is 9.50. The van der Waals surface area contributed by atoms with Crippen LogP contribution in [0.3, 0.4) is 0 Å². The van der Waals surface area contributed by atoms with E-state index >= 15 is 0 Å². The summed E-state index contributed by atoms with van der Waals surface area (Å²) in [6.07, 6.45) is 0.112. The van der Waals surface area contributed by atoms with E-state index in [1.807, 2.05) is 18.2 Å². The van der Waals surface area contributed by atoms with Crippen molar-refractivity contribution in [3.8, 4) is 5.75 Å². The number of aromatic carboxylic acids is 1. The zero-order valence-corrected chi connectivity index (χ0v) is 10.6. The molecule has 0 aliphatic heterocycles. The maximum absolute atomic E-state index is 10.3. The lowest BCUT2D eigenvalue weighted by Gasteiger charge is -1.95. The topological polar surface area (TPSA) is 94.8 Å². The maximum atomic E-state index is 10.3. The molecule has 0 saturated carbocycles. The van der Waals surface area contributed by atoms with Crippen molar-refractivity contribution >= 4 is 11.9 Å². The monoisotopic (exact) mass is 274 g/mol. The molecule has 0 radical (unpaired) electrons. The van der Waals surface area contributed by atoms with Gasteiger partial charge >= 0.3 is 11.9 Å². The van der Waals surface area contributed by atoms with E-state index in [2.05, 4.69) is 0 Å². The SMILES string of the molecule is O=C(O)Cc1ccccc1.O=C(O)c1ccccc1O. The van der Waals surface area contributed by atoms with Gasteiger partial charge in [0, 0.05) is 0 Å². The van der Waals surface area contributed by atoms with Crippen molar-refractivity contribution in [3.05, 3.63) is 65.7 Å². The summed E-state index contributed by atoms with van der Waals surface area (Å²) in [6, 6.07) is 14.9. The molecular formula is C15H14O5. The van der Waals surface area contributed by atoms with E-state index in [0.717, 1.165) is 5.56 Å². The molecular weight excluding hydrogens is 260 g/mol. The minimum Gasteiger partial charge on any atom is -0.507 e. The Morgan fingerprint density at radius 2 is 1.40 bits per heavy atom. The van der Waals surface area contributed by atoms with Gasteiger partial charge in [0.15, 0.2) is 0 Å². The Morgan fingerprint density at radius 3 is 1.85 bits per heavy atom. The fourth-order valence-corrected chi connectivity index (χ4v) is 1.42. The Bertz CT molecular complexity index is 578. The number of rotatable bonds is 3. The van der Waals surface area contributed by atoms with E-state index in [-0.39, 0.29) is 17.7 Å². The molecule has 0 aliphatic carbocycles. The van der Waals surface area contributed by atoms with Crippen molar-refractivity contribution < 1.29 is 24.9 Å². The Labute approximate surface area is 115 Å². The van der Waals surface area contributed by atoms with E-state index in [0.29, 0.717) is 0 Å². The number of aliphatic carboxylic acids is 1. The maximum Gasteiger partial charge on any atom is 0.339 e. The molecule has 20 heavy (non-hydrogen) atoms. The van der Waals surface area contributed by atoms with Crippen LogP contribution in [0.1, 0.15) is 15.9 Å². The summed E-state index contributed by atoms with van der Waals surface area (Å²) in [5, 5.41) is 25.7. The normalized spacial score (nSPS) is 9.20. The molecule has 0 unspecified atom stereocenters. The third-order valence-corrected chi connectivity index (χ3v) is 2.33.